The van der Waals surface area contributed by atoms with Crippen LogP contribution in [-0.4, -0.2) is 24.6 Å². The quantitative estimate of drug-likeness (QED) is 0.476. The van der Waals surface area contributed by atoms with E-state index in [9.17, 15) is 9.59 Å². The number of rotatable bonds is 7. The summed E-state index contributed by atoms with van der Waals surface area (Å²) in [7, 11) is 1.18. The molecule has 0 aliphatic heterocycles. The molecule has 25 heavy (non-hydrogen) atoms. The van der Waals surface area contributed by atoms with E-state index < -0.39 is 17.5 Å². The van der Waals surface area contributed by atoms with Crippen molar-refractivity contribution >= 4 is 11.9 Å². The van der Waals surface area contributed by atoms with Crippen molar-refractivity contribution in [2.24, 2.45) is 5.73 Å². The van der Waals surface area contributed by atoms with Gasteiger partial charge in [0.15, 0.2) is 0 Å². The lowest BCUT2D eigenvalue weighted by atomic mass is 9.99. The third-order valence-corrected chi connectivity index (χ3v) is 3.65. The summed E-state index contributed by atoms with van der Waals surface area (Å²) < 4.78 is 9.88. The third-order valence-electron chi connectivity index (χ3n) is 3.65. The van der Waals surface area contributed by atoms with Crippen LogP contribution in [0.15, 0.2) is 72.8 Å². The Balaban J connectivity index is 2.07. The predicted octanol–water partition coefficient (Wildman–Crippen LogP) is 2.40. The first-order chi connectivity index (χ1) is 12.1. The second-order valence-electron chi connectivity index (χ2n) is 5.51. The molecule has 2 aromatic rings. The Kier molecular flexibility index (Phi) is 6.48. The molecule has 0 amide bonds. The molecular weight excluding hydrogens is 318 g/mol. The monoisotopic (exact) mass is 339 g/mol. The molecule has 5 heteroatoms. The molecule has 0 aliphatic carbocycles. The maximum absolute atomic E-state index is 12.4. The van der Waals surface area contributed by atoms with Gasteiger partial charge in [0.05, 0.1) is 7.11 Å². The van der Waals surface area contributed by atoms with Crippen molar-refractivity contribution in [1.82, 2.24) is 0 Å². The largest absolute Gasteiger partial charge is 0.467 e. The zero-order valence-corrected chi connectivity index (χ0v) is 14.1. The topological polar surface area (TPSA) is 78.6 Å². The molecule has 0 aromatic heterocycles. The Bertz CT molecular complexity index is 728. The van der Waals surface area contributed by atoms with Crippen LogP contribution in [0.25, 0.3) is 0 Å². The van der Waals surface area contributed by atoms with E-state index in [-0.39, 0.29) is 6.61 Å². The fourth-order valence-corrected chi connectivity index (χ4v) is 2.23. The summed E-state index contributed by atoms with van der Waals surface area (Å²) in [5, 5.41) is 0. The highest BCUT2D eigenvalue weighted by Crippen LogP contribution is 2.12. The van der Waals surface area contributed by atoms with Crippen molar-refractivity contribution in [3.05, 3.63) is 83.9 Å². The van der Waals surface area contributed by atoms with Crippen molar-refractivity contribution in [2.45, 2.75) is 18.6 Å². The predicted molar refractivity (Wildman–Crippen MR) is 94.5 cm³/mol. The lowest BCUT2D eigenvalue weighted by Gasteiger charge is -2.21. The van der Waals surface area contributed by atoms with Crippen LogP contribution in [0.5, 0.6) is 0 Å². The maximum Gasteiger partial charge on any atom is 0.342 e. The highest BCUT2D eigenvalue weighted by molar-refractivity contribution is 6.07. The van der Waals surface area contributed by atoms with Gasteiger partial charge in [-0.3, -0.25) is 0 Å². The Labute approximate surface area is 147 Å². The fourth-order valence-electron chi connectivity index (χ4n) is 2.23. The van der Waals surface area contributed by atoms with E-state index in [1.807, 2.05) is 60.7 Å². The van der Waals surface area contributed by atoms with E-state index in [1.54, 1.807) is 6.08 Å². The Hall–Kier alpha value is -2.92. The van der Waals surface area contributed by atoms with Gasteiger partial charge in [0.1, 0.15) is 6.61 Å². The molecular formula is C20H21NO4. The second-order valence-corrected chi connectivity index (χ2v) is 5.51. The molecule has 5 nitrogen and oxygen atoms in total. The van der Waals surface area contributed by atoms with Crippen molar-refractivity contribution in [3.8, 4) is 0 Å². The van der Waals surface area contributed by atoms with Crippen molar-refractivity contribution < 1.29 is 19.1 Å². The molecule has 2 aromatic carbocycles. The van der Waals surface area contributed by atoms with Gasteiger partial charge in [-0.2, -0.15) is 0 Å². The van der Waals surface area contributed by atoms with Gasteiger partial charge < -0.3 is 15.2 Å². The highest BCUT2D eigenvalue weighted by Gasteiger charge is 2.42. The fraction of sp³-hybridized carbons (Fsp3) is 0.200. The average Bonchev–Trinajstić information content (AvgIpc) is 2.66. The van der Waals surface area contributed by atoms with E-state index in [0.29, 0.717) is 6.42 Å². The minimum absolute atomic E-state index is 0.0299. The lowest BCUT2D eigenvalue weighted by Crippen LogP contribution is -2.54. The SMILES string of the molecule is COC(=O)C(N)(C=CCc1ccccc1)C(=O)OCc1ccccc1. The molecule has 2 N–H and O–H groups in total. The van der Waals surface area contributed by atoms with Gasteiger partial charge in [0.2, 0.25) is 5.54 Å². The molecule has 2 rings (SSSR count). The second kappa shape index (κ2) is 8.80. The first kappa shape index (κ1) is 18.4. The minimum Gasteiger partial charge on any atom is -0.467 e. The van der Waals surface area contributed by atoms with Gasteiger partial charge in [-0.25, -0.2) is 9.59 Å². The standard InChI is InChI=1S/C20H21NO4/c1-24-18(22)20(21,14-8-13-16-9-4-2-5-10-16)19(23)25-15-17-11-6-3-7-12-17/h2-12,14H,13,15,21H2,1H3. The minimum atomic E-state index is -1.97. The summed E-state index contributed by atoms with van der Waals surface area (Å²) in [6, 6.07) is 18.8. The van der Waals surface area contributed by atoms with E-state index in [2.05, 4.69) is 4.74 Å². The van der Waals surface area contributed by atoms with E-state index in [0.717, 1.165) is 11.1 Å². The number of ether oxygens (including phenoxy) is 2. The molecule has 0 spiro atoms. The van der Waals surface area contributed by atoms with Gasteiger partial charge in [-0.05, 0) is 23.6 Å². The van der Waals surface area contributed by atoms with E-state index >= 15 is 0 Å². The van der Waals surface area contributed by atoms with E-state index in [1.165, 1.54) is 13.2 Å². The lowest BCUT2D eigenvalue weighted by molar-refractivity contribution is -0.160. The van der Waals surface area contributed by atoms with Crippen LogP contribution in [0.2, 0.25) is 0 Å². The molecule has 0 radical (unpaired) electrons. The van der Waals surface area contributed by atoms with Gasteiger partial charge >= 0.3 is 11.9 Å². The van der Waals surface area contributed by atoms with Crippen LogP contribution in [0, 0.1) is 0 Å². The van der Waals surface area contributed by atoms with Crippen LogP contribution >= 0.6 is 0 Å². The van der Waals surface area contributed by atoms with Crippen LogP contribution < -0.4 is 5.73 Å². The number of methoxy groups -OCH3 is 1. The Morgan fingerprint density at radius 2 is 1.52 bits per heavy atom. The maximum atomic E-state index is 12.4. The van der Waals surface area contributed by atoms with Crippen molar-refractivity contribution in [1.29, 1.82) is 0 Å². The van der Waals surface area contributed by atoms with Crippen molar-refractivity contribution in [3.63, 3.8) is 0 Å². The van der Waals surface area contributed by atoms with E-state index in [4.69, 9.17) is 10.5 Å². The van der Waals surface area contributed by atoms with Gasteiger partial charge in [-0.15, -0.1) is 0 Å². The Morgan fingerprint density at radius 1 is 0.960 bits per heavy atom. The summed E-state index contributed by atoms with van der Waals surface area (Å²) in [5.41, 5.74) is 5.85. The molecule has 0 saturated carbocycles. The number of hydrogen-bond acceptors (Lipinski definition) is 5. The van der Waals surface area contributed by atoms with Gasteiger partial charge in [0.25, 0.3) is 0 Å². The van der Waals surface area contributed by atoms with Gasteiger partial charge in [-0.1, -0.05) is 66.7 Å². The molecule has 130 valence electrons. The summed E-state index contributed by atoms with van der Waals surface area (Å²) >= 11 is 0. The van der Waals surface area contributed by atoms with Crippen molar-refractivity contribution in [2.75, 3.05) is 7.11 Å². The normalized spacial score (nSPS) is 13.2. The molecule has 0 heterocycles. The molecule has 0 fully saturated rings. The van der Waals surface area contributed by atoms with Crippen LogP contribution in [0.3, 0.4) is 0 Å². The molecule has 0 aliphatic rings. The number of benzene rings is 2. The summed E-state index contributed by atoms with van der Waals surface area (Å²) in [5.74, 6) is -1.72. The number of carbonyl (C=O) groups is 2. The number of hydrogen-bond donors (Lipinski definition) is 1. The molecule has 0 bridgehead atoms. The third kappa shape index (κ3) is 5.02. The zero-order chi connectivity index (χ0) is 18.1. The molecule has 1 unspecified atom stereocenters. The van der Waals surface area contributed by atoms with Crippen LogP contribution in [0.4, 0.5) is 0 Å². The summed E-state index contributed by atoms with van der Waals surface area (Å²) in [4.78, 5) is 24.4. The Morgan fingerprint density at radius 3 is 2.08 bits per heavy atom. The number of allylic oxidation sites excluding steroid dienone is 1. The smallest absolute Gasteiger partial charge is 0.342 e. The van der Waals surface area contributed by atoms with Crippen LogP contribution in [-0.2, 0) is 32.1 Å². The average molecular weight is 339 g/mol. The van der Waals surface area contributed by atoms with Crippen LogP contribution in [0.1, 0.15) is 11.1 Å². The first-order valence-electron chi connectivity index (χ1n) is 7.86. The number of carbonyl (C=O) groups excluding carboxylic acids is 2. The molecule has 0 saturated heterocycles. The molecule has 1 atom stereocenters. The first-order valence-corrected chi connectivity index (χ1v) is 7.86. The summed E-state index contributed by atoms with van der Waals surface area (Å²) in [6.07, 6.45) is 3.53. The zero-order valence-electron chi connectivity index (χ0n) is 14.1. The number of nitrogens with two attached hydrogens (primary N) is 1. The van der Waals surface area contributed by atoms with Gasteiger partial charge in [0, 0.05) is 0 Å². The number of esters is 2. The highest BCUT2D eigenvalue weighted by atomic mass is 16.6. The summed E-state index contributed by atoms with van der Waals surface area (Å²) in [6.45, 7) is 0.0299.